The summed E-state index contributed by atoms with van der Waals surface area (Å²) in [6, 6.07) is 5.22. The van der Waals surface area contributed by atoms with Gasteiger partial charge in [0, 0.05) is 22.7 Å². The first-order valence-corrected chi connectivity index (χ1v) is 6.33. The summed E-state index contributed by atoms with van der Waals surface area (Å²) in [5.41, 5.74) is 6.73. The van der Waals surface area contributed by atoms with Crippen LogP contribution in [0.4, 0.5) is 5.69 Å². The molecule has 0 saturated heterocycles. The molecule has 1 aromatic rings. The van der Waals surface area contributed by atoms with Crippen molar-refractivity contribution in [2.75, 3.05) is 18.0 Å². The fourth-order valence-electron chi connectivity index (χ4n) is 1.35. The molecule has 0 aliphatic rings. The van der Waals surface area contributed by atoms with Crippen LogP contribution in [0, 0.1) is 0 Å². The quantitative estimate of drug-likeness (QED) is 0.475. The molecule has 0 heterocycles. The summed E-state index contributed by atoms with van der Waals surface area (Å²) < 4.78 is 0. The smallest absolute Gasteiger partial charge is 0.230 e. The van der Waals surface area contributed by atoms with E-state index in [-0.39, 0.29) is 11.7 Å². The summed E-state index contributed by atoms with van der Waals surface area (Å²) in [5.74, 6) is 0.293. The summed E-state index contributed by atoms with van der Waals surface area (Å²) in [7, 11) is 0. The van der Waals surface area contributed by atoms with E-state index in [1.54, 1.807) is 18.2 Å². The highest BCUT2D eigenvalue weighted by Crippen LogP contribution is 2.23. The van der Waals surface area contributed by atoms with Gasteiger partial charge < -0.3 is 11.1 Å². The van der Waals surface area contributed by atoms with Crippen LogP contribution in [0.25, 0.3) is 0 Å². The molecule has 1 amide bonds. The number of Topliss-reactive ketones (excluding diaryl/α,β-unsaturated/α-hetero) is 1. The van der Waals surface area contributed by atoms with Crippen LogP contribution >= 0.6 is 11.8 Å². The van der Waals surface area contributed by atoms with Gasteiger partial charge in [-0.25, -0.2) is 0 Å². The molecule has 5 heteroatoms. The monoisotopic (exact) mass is 252 g/mol. The molecule has 0 radical (unpaired) electrons. The first-order valence-electron chi connectivity index (χ1n) is 5.34. The number of carbonyl (C=O) groups excluding carboxylic acids is 2. The van der Waals surface area contributed by atoms with E-state index < -0.39 is 0 Å². The van der Waals surface area contributed by atoms with Gasteiger partial charge in [0.15, 0.2) is 5.78 Å². The Morgan fingerprint density at radius 1 is 1.41 bits per heavy atom. The Labute approximate surface area is 105 Å². The Balaban J connectivity index is 2.65. The van der Waals surface area contributed by atoms with E-state index in [9.17, 15) is 9.59 Å². The lowest BCUT2D eigenvalue weighted by Gasteiger charge is -2.06. The number of thioether (sulfide) groups is 1. The van der Waals surface area contributed by atoms with Gasteiger partial charge in [0.05, 0.1) is 5.75 Å². The van der Waals surface area contributed by atoms with Gasteiger partial charge in [0.25, 0.3) is 0 Å². The van der Waals surface area contributed by atoms with Gasteiger partial charge in [-0.2, -0.15) is 0 Å². The number of hydrogen-bond donors (Lipinski definition) is 2. The summed E-state index contributed by atoms with van der Waals surface area (Å²) in [4.78, 5) is 23.3. The Morgan fingerprint density at radius 3 is 2.65 bits per heavy atom. The Hall–Kier alpha value is -1.49. The van der Waals surface area contributed by atoms with Gasteiger partial charge in [0.2, 0.25) is 5.91 Å². The van der Waals surface area contributed by atoms with Crippen LogP contribution in [0.5, 0.6) is 0 Å². The van der Waals surface area contributed by atoms with Crippen molar-refractivity contribution in [3.05, 3.63) is 23.8 Å². The number of hydrogen-bond acceptors (Lipinski definition) is 4. The number of amides is 1. The number of anilines is 1. The van der Waals surface area contributed by atoms with Crippen molar-refractivity contribution in [3.63, 3.8) is 0 Å². The molecule has 4 nitrogen and oxygen atoms in total. The largest absolute Gasteiger partial charge is 0.398 e. The molecule has 0 aromatic heterocycles. The van der Waals surface area contributed by atoms with Crippen LogP contribution in [-0.4, -0.2) is 24.0 Å². The summed E-state index contributed by atoms with van der Waals surface area (Å²) in [6.45, 7) is 3.99. The van der Waals surface area contributed by atoms with Crippen molar-refractivity contribution in [3.8, 4) is 0 Å². The van der Waals surface area contributed by atoms with Gasteiger partial charge in [-0.05, 0) is 32.0 Å². The zero-order valence-electron chi connectivity index (χ0n) is 9.95. The maximum absolute atomic E-state index is 11.3. The Bertz CT molecular complexity index is 433. The van der Waals surface area contributed by atoms with Crippen molar-refractivity contribution >= 4 is 29.1 Å². The highest BCUT2D eigenvalue weighted by molar-refractivity contribution is 8.00. The number of nitrogens with two attached hydrogens (primary N) is 1. The molecule has 0 saturated carbocycles. The fourth-order valence-corrected chi connectivity index (χ4v) is 2.12. The maximum atomic E-state index is 11.3. The zero-order valence-corrected chi connectivity index (χ0v) is 10.8. The number of benzene rings is 1. The van der Waals surface area contributed by atoms with E-state index in [0.29, 0.717) is 23.5 Å². The van der Waals surface area contributed by atoms with Crippen LogP contribution < -0.4 is 11.1 Å². The number of nitrogen functional groups attached to an aromatic ring is 1. The van der Waals surface area contributed by atoms with Crippen molar-refractivity contribution in [2.24, 2.45) is 0 Å². The normalized spacial score (nSPS) is 10.0. The molecule has 0 atom stereocenters. The predicted molar refractivity (Wildman–Crippen MR) is 70.3 cm³/mol. The molecule has 3 N–H and O–H groups in total. The minimum absolute atomic E-state index is 0.00767. The van der Waals surface area contributed by atoms with E-state index in [2.05, 4.69) is 5.32 Å². The Kier molecular flexibility index (Phi) is 5.03. The zero-order chi connectivity index (χ0) is 12.8. The first-order chi connectivity index (χ1) is 8.04. The van der Waals surface area contributed by atoms with E-state index in [1.807, 2.05) is 6.92 Å². The molecule has 0 spiro atoms. The molecule has 1 rings (SSSR count). The molecule has 0 aliphatic carbocycles. The SMILES string of the molecule is CCNC(=O)CSc1ccc(C(C)=O)c(N)c1. The second kappa shape index (κ2) is 6.30. The second-order valence-electron chi connectivity index (χ2n) is 3.55. The molecule has 0 bridgehead atoms. The summed E-state index contributed by atoms with van der Waals surface area (Å²) in [5, 5.41) is 2.71. The fraction of sp³-hybridized carbons (Fsp3) is 0.333. The van der Waals surface area contributed by atoms with Gasteiger partial charge in [-0.3, -0.25) is 9.59 Å². The lowest BCUT2D eigenvalue weighted by molar-refractivity contribution is -0.118. The first kappa shape index (κ1) is 13.6. The second-order valence-corrected chi connectivity index (χ2v) is 4.60. The van der Waals surface area contributed by atoms with Gasteiger partial charge in [0.1, 0.15) is 0 Å². The van der Waals surface area contributed by atoms with Crippen LogP contribution in [0.1, 0.15) is 24.2 Å². The summed E-state index contributed by atoms with van der Waals surface area (Å²) in [6.07, 6.45) is 0. The predicted octanol–water partition coefficient (Wildman–Crippen LogP) is 1.70. The van der Waals surface area contributed by atoms with E-state index >= 15 is 0 Å². The molecule has 0 aliphatic heterocycles. The third-order valence-corrected chi connectivity index (χ3v) is 3.14. The number of rotatable bonds is 5. The molecular weight excluding hydrogens is 236 g/mol. The lowest BCUT2D eigenvalue weighted by atomic mass is 10.1. The van der Waals surface area contributed by atoms with E-state index in [1.165, 1.54) is 18.7 Å². The van der Waals surface area contributed by atoms with Crippen LogP contribution in [0.15, 0.2) is 23.1 Å². The number of carbonyl (C=O) groups is 2. The van der Waals surface area contributed by atoms with Crippen LogP contribution in [-0.2, 0) is 4.79 Å². The molecule has 1 aromatic carbocycles. The maximum Gasteiger partial charge on any atom is 0.230 e. The lowest BCUT2D eigenvalue weighted by Crippen LogP contribution is -2.24. The van der Waals surface area contributed by atoms with Crippen LogP contribution in [0.3, 0.4) is 0 Å². The molecule has 17 heavy (non-hydrogen) atoms. The molecule has 0 unspecified atom stereocenters. The molecule has 0 fully saturated rings. The minimum atomic E-state index is -0.0530. The average Bonchev–Trinajstić information content (AvgIpc) is 2.26. The number of nitrogens with one attached hydrogen (secondary N) is 1. The van der Waals surface area contributed by atoms with Gasteiger partial charge in [-0.15, -0.1) is 11.8 Å². The molecular formula is C12H16N2O2S. The van der Waals surface area contributed by atoms with Gasteiger partial charge >= 0.3 is 0 Å². The Morgan fingerprint density at radius 2 is 2.12 bits per heavy atom. The van der Waals surface area contributed by atoms with Crippen molar-refractivity contribution in [1.29, 1.82) is 0 Å². The topological polar surface area (TPSA) is 72.2 Å². The highest BCUT2D eigenvalue weighted by Gasteiger charge is 2.07. The van der Waals surface area contributed by atoms with Gasteiger partial charge in [-0.1, -0.05) is 0 Å². The summed E-state index contributed by atoms with van der Waals surface area (Å²) >= 11 is 1.40. The number of ketones is 1. The van der Waals surface area contributed by atoms with Crippen LogP contribution in [0.2, 0.25) is 0 Å². The average molecular weight is 252 g/mol. The standard InChI is InChI=1S/C12H16N2O2S/c1-3-14-12(16)7-17-9-4-5-10(8(2)15)11(13)6-9/h4-6H,3,7,13H2,1-2H3,(H,14,16). The highest BCUT2D eigenvalue weighted by atomic mass is 32.2. The van der Waals surface area contributed by atoms with Crippen molar-refractivity contribution in [1.82, 2.24) is 5.32 Å². The van der Waals surface area contributed by atoms with E-state index in [4.69, 9.17) is 5.73 Å². The van der Waals surface area contributed by atoms with Crippen molar-refractivity contribution in [2.45, 2.75) is 18.7 Å². The minimum Gasteiger partial charge on any atom is -0.398 e. The van der Waals surface area contributed by atoms with Crippen molar-refractivity contribution < 1.29 is 9.59 Å². The third-order valence-electron chi connectivity index (χ3n) is 2.15. The molecule has 92 valence electrons. The third kappa shape index (κ3) is 4.11. The van der Waals surface area contributed by atoms with E-state index in [0.717, 1.165) is 4.90 Å².